The van der Waals surface area contributed by atoms with Gasteiger partial charge in [-0.2, -0.15) is 9.61 Å². The number of ether oxygens (including phenoxy) is 2. The standard InChI is InChI=1S/C24H20N6O4S/c1-33-19-9-11-21(34-2)22(14-19)35(31,32)29-18-7-5-16(6-8-18)20-10-12-23-26-27-24(30(23)28-20)17-4-3-13-25-15-17/h3-15,29H,1-2H3. The molecule has 0 atom stereocenters. The van der Waals surface area contributed by atoms with Crippen LogP contribution in [0.15, 0.2) is 84.0 Å². The molecular formula is C24H20N6O4S. The van der Waals surface area contributed by atoms with E-state index in [-0.39, 0.29) is 10.6 Å². The van der Waals surface area contributed by atoms with Gasteiger partial charge in [0.05, 0.1) is 19.9 Å². The smallest absolute Gasteiger partial charge is 0.265 e. The van der Waals surface area contributed by atoms with Crippen LogP contribution in [0, 0.1) is 0 Å². The maximum absolute atomic E-state index is 13.0. The van der Waals surface area contributed by atoms with Crippen molar-refractivity contribution in [1.82, 2.24) is 24.8 Å². The van der Waals surface area contributed by atoms with Gasteiger partial charge in [0.2, 0.25) is 0 Å². The molecule has 0 amide bonds. The molecule has 0 saturated carbocycles. The van der Waals surface area contributed by atoms with Crippen LogP contribution in [0.25, 0.3) is 28.3 Å². The number of aromatic nitrogens is 5. The van der Waals surface area contributed by atoms with Crippen molar-refractivity contribution in [3.63, 3.8) is 0 Å². The average molecular weight is 489 g/mol. The number of pyridine rings is 1. The lowest BCUT2D eigenvalue weighted by Crippen LogP contribution is -2.14. The number of methoxy groups -OCH3 is 2. The molecular weight excluding hydrogens is 468 g/mol. The van der Waals surface area contributed by atoms with Crippen LogP contribution in [0.2, 0.25) is 0 Å². The number of hydrogen-bond acceptors (Lipinski definition) is 8. The molecule has 0 radical (unpaired) electrons. The van der Waals surface area contributed by atoms with Crippen LogP contribution >= 0.6 is 0 Å². The van der Waals surface area contributed by atoms with Gasteiger partial charge in [0.1, 0.15) is 16.4 Å². The van der Waals surface area contributed by atoms with E-state index in [4.69, 9.17) is 9.47 Å². The van der Waals surface area contributed by atoms with Gasteiger partial charge in [0, 0.05) is 35.3 Å². The summed E-state index contributed by atoms with van der Waals surface area (Å²) in [4.78, 5) is 4.11. The highest BCUT2D eigenvalue weighted by Crippen LogP contribution is 2.30. The highest BCUT2D eigenvalue weighted by atomic mass is 32.2. The zero-order valence-electron chi connectivity index (χ0n) is 18.8. The number of anilines is 1. The first-order valence-electron chi connectivity index (χ1n) is 10.5. The Morgan fingerprint density at radius 3 is 2.43 bits per heavy atom. The Hall–Kier alpha value is -4.51. The van der Waals surface area contributed by atoms with Gasteiger partial charge in [-0.05, 0) is 48.5 Å². The Labute approximate surface area is 201 Å². The SMILES string of the molecule is COc1ccc(OC)c(S(=O)(=O)Nc2ccc(-c3ccc4nnc(-c5cccnc5)n4n3)cc2)c1. The Bertz CT molecular complexity index is 1600. The maximum Gasteiger partial charge on any atom is 0.265 e. The summed E-state index contributed by atoms with van der Waals surface area (Å²) in [5, 5.41) is 13.1. The first-order valence-corrected chi connectivity index (χ1v) is 11.9. The van der Waals surface area contributed by atoms with Crippen molar-refractivity contribution in [3.05, 3.63) is 79.1 Å². The molecule has 35 heavy (non-hydrogen) atoms. The number of benzene rings is 2. The van der Waals surface area contributed by atoms with Gasteiger partial charge in [-0.1, -0.05) is 12.1 Å². The van der Waals surface area contributed by atoms with Gasteiger partial charge in [0.15, 0.2) is 11.5 Å². The first kappa shape index (κ1) is 22.3. The third kappa shape index (κ3) is 4.36. The third-order valence-corrected chi connectivity index (χ3v) is 6.68. The third-order valence-electron chi connectivity index (χ3n) is 5.28. The quantitative estimate of drug-likeness (QED) is 0.368. The van der Waals surface area contributed by atoms with Crippen LogP contribution in [-0.2, 0) is 10.0 Å². The molecule has 11 heteroatoms. The summed E-state index contributed by atoms with van der Waals surface area (Å²) in [7, 11) is -1.04. The monoisotopic (exact) mass is 488 g/mol. The predicted molar refractivity (Wildman–Crippen MR) is 130 cm³/mol. The number of rotatable bonds is 7. The van der Waals surface area contributed by atoms with Crippen molar-refractivity contribution < 1.29 is 17.9 Å². The molecule has 1 N–H and O–H groups in total. The van der Waals surface area contributed by atoms with E-state index in [1.807, 2.05) is 24.3 Å². The molecule has 0 saturated heterocycles. The average Bonchev–Trinajstić information content (AvgIpc) is 3.32. The topological polar surface area (TPSA) is 121 Å². The van der Waals surface area contributed by atoms with E-state index >= 15 is 0 Å². The van der Waals surface area contributed by atoms with E-state index in [9.17, 15) is 8.42 Å². The van der Waals surface area contributed by atoms with Gasteiger partial charge in [-0.3, -0.25) is 9.71 Å². The summed E-state index contributed by atoms with van der Waals surface area (Å²) < 4.78 is 40.6. The molecule has 0 aliphatic carbocycles. The lowest BCUT2D eigenvalue weighted by Gasteiger charge is -2.13. The molecule has 0 fully saturated rings. The fraction of sp³-hybridized carbons (Fsp3) is 0.0833. The minimum absolute atomic E-state index is 0.0221. The largest absolute Gasteiger partial charge is 0.497 e. The summed E-state index contributed by atoms with van der Waals surface area (Å²) in [6.45, 7) is 0. The van der Waals surface area contributed by atoms with E-state index in [1.54, 1.807) is 53.3 Å². The minimum Gasteiger partial charge on any atom is -0.497 e. The van der Waals surface area contributed by atoms with Crippen LogP contribution in [0.3, 0.4) is 0 Å². The van der Waals surface area contributed by atoms with Crippen LogP contribution in [0.4, 0.5) is 5.69 Å². The fourth-order valence-electron chi connectivity index (χ4n) is 3.53. The molecule has 2 aromatic carbocycles. The molecule has 5 rings (SSSR count). The predicted octanol–water partition coefficient (Wildman–Crippen LogP) is 3.67. The second-order valence-corrected chi connectivity index (χ2v) is 9.10. The first-order chi connectivity index (χ1) is 17.0. The van der Waals surface area contributed by atoms with E-state index in [0.29, 0.717) is 28.6 Å². The van der Waals surface area contributed by atoms with Crippen molar-refractivity contribution in [3.8, 4) is 34.1 Å². The van der Waals surface area contributed by atoms with Gasteiger partial charge < -0.3 is 9.47 Å². The second-order valence-electron chi connectivity index (χ2n) is 7.45. The molecule has 0 unspecified atom stereocenters. The Balaban J connectivity index is 1.43. The zero-order chi connectivity index (χ0) is 24.4. The Kier molecular flexibility index (Phi) is 5.75. The molecule has 0 spiro atoms. The summed E-state index contributed by atoms with van der Waals surface area (Å²) in [6, 6.07) is 18.8. The Morgan fingerprint density at radius 2 is 1.71 bits per heavy atom. The molecule has 3 heterocycles. The van der Waals surface area contributed by atoms with Crippen LogP contribution in [-0.4, -0.2) is 47.4 Å². The van der Waals surface area contributed by atoms with E-state index in [2.05, 4.69) is 25.0 Å². The van der Waals surface area contributed by atoms with E-state index in [0.717, 1.165) is 11.1 Å². The van der Waals surface area contributed by atoms with E-state index < -0.39 is 10.0 Å². The number of sulfonamides is 1. The maximum atomic E-state index is 13.0. The van der Waals surface area contributed by atoms with Crippen molar-refractivity contribution >= 4 is 21.4 Å². The second kappa shape index (κ2) is 9.03. The van der Waals surface area contributed by atoms with Crippen molar-refractivity contribution in [1.29, 1.82) is 0 Å². The lowest BCUT2D eigenvalue weighted by molar-refractivity contribution is 0.392. The summed E-state index contributed by atoms with van der Waals surface area (Å²) >= 11 is 0. The zero-order valence-corrected chi connectivity index (χ0v) is 19.6. The number of nitrogens with zero attached hydrogens (tertiary/aromatic N) is 5. The van der Waals surface area contributed by atoms with Crippen molar-refractivity contribution in [2.24, 2.45) is 0 Å². The lowest BCUT2D eigenvalue weighted by atomic mass is 10.1. The number of fused-ring (bicyclic) bond motifs is 1. The summed E-state index contributed by atoms with van der Waals surface area (Å²) in [5.74, 6) is 1.19. The van der Waals surface area contributed by atoms with Crippen molar-refractivity contribution in [2.75, 3.05) is 18.9 Å². The normalized spacial score (nSPS) is 11.4. The molecule has 3 aromatic heterocycles. The summed E-state index contributed by atoms with van der Waals surface area (Å²) in [5.41, 5.74) is 3.25. The van der Waals surface area contributed by atoms with Crippen LogP contribution in [0.1, 0.15) is 0 Å². The molecule has 0 aliphatic heterocycles. The van der Waals surface area contributed by atoms with Crippen LogP contribution < -0.4 is 14.2 Å². The Morgan fingerprint density at radius 1 is 0.886 bits per heavy atom. The minimum atomic E-state index is -3.92. The molecule has 0 bridgehead atoms. The van der Waals surface area contributed by atoms with Gasteiger partial charge in [-0.15, -0.1) is 10.2 Å². The number of nitrogens with one attached hydrogen (secondary N) is 1. The number of hydrogen-bond donors (Lipinski definition) is 1. The van der Waals surface area contributed by atoms with Gasteiger partial charge >= 0.3 is 0 Å². The van der Waals surface area contributed by atoms with Crippen LogP contribution in [0.5, 0.6) is 11.5 Å². The molecule has 0 aliphatic rings. The molecule has 10 nitrogen and oxygen atoms in total. The van der Waals surface area contributed by atoms with Gasteiger partial charge in [-0.25, -0.2) is 8.42 Å². The summed E-state index contributed by atoms with van der Waals surface area (Å²) in [6.07, 6.45) is 3.38. The fourth-order valence-corrected chi connectivity index (χ4v) is 4.77. The molecule has 176 valence electrons. The molecule has 5 aromatic rings. The highest BCUT2D eigenvalue weighted by molar-refractivity contribution is 7.92. The highest BCUT2D eigenvalue weighted by Gasteiger charge is 2.21. The van der Waals surface area contributed by atoms with Gasteiger partial charge in [0.25, 0.3) is 10.0 Å². The van der Waals surface area contributed by atoms with Crippen molar-refractivity contribution in [2.45, 2.75) is 4.90 Å². The van der Waals surface area contributed by atoms with E-state index in [1.165, 1.54) is 20.3 Å².